The molecule has 0 aliphatic heterocycles. The minimum atomic E-state index is -0.633. The van der Waals surface area contributed by atoms with Crippen LogP contribution in [-0.4, -0.2) is 61.3 Å². The monoisotopic (exact) mass is 458 g/mol. The Bertz CT molecular complexity index is 893. The van der Waals surface area contributed by atoms with Gasteiger partial charge < -0.3 is 14.4 Å². The summed E-state index contributed by atoms with van der Waals surface area (Å²) >= 11 is 11.8. The number of carbonyl (C=O) groups excluding carboxylic acids is 1. The molecule has 0 unspecified atom stereocenters. The highest BCUT2D eigenvalue weighted by Crippen LogP contribution is 2.31. The molecule has 0 radical (unpaired) electrons. The van der Waals surface area contributed by atoms with Crippen molar-refractivity contribution in [2.45, 2.75) is 0 Å². The largest absolute Gasteiger partial charge is 0.383 e. The van der Waals surface area contributed by atoms with Crippen LogP contribution in [-0.2, 0) is 9.47 Å². The molecule has 2 N–H and O–H groups in total. The second-order valence-corrected chi connectivity index (χ2v) is 6.67. The molecule has 0 atom stereocenters. The maximum atomic E-state index is 12.4. The number of nitrogens with zero attached hydrogens (tertiary/aromatic N) is 4. The summed E-state index contributed by atoms with van der Waals surface area (Å²) in [7, 11) is 3.04. The Labute approximate surface area is 182 Å². The first kappa shape index (κ1) is 23.5. The molecule has 0 aliphatic carbocycles. The molecule has 2 aromatic rings. The third-order valence-corrected chi connectivity index (χ3v) is 4.43. The molecule has 0 bridgehead atoms. The zero-order valence-corrected chi connectivity index (χ0v) is 17.7. The number of carbonyl (C=O) groups is 1. The molecule has 0 aliphatic rings. The van der Waals surface area contributed by atoms with Gasteiger partial charge in [-0.2, -0.15) is 0 Å². The average molecular weight is 459 g/mol. The van der Waals surface area contributed by atoms with Crippen molar-refractivity contribution in [1.29, 1.82) is 0 Å². The smallest absolute Gasteiger partial charge is 0.355 e. The Balaban J connectivity index is 2.28. The fourth-order valence-electron chi connectivity index (χ4n) is 2.44. The van der Waals surface area contributed by atoms with E-state index in [-0.39, 0.29) is 22.2 Å². The molecule has 11 nitrogen and oxygen atoms in total. The number of nitrogens with one attached hydrogen (secondary N) is 2. The normalized spacial score (nSPS) is 10.5. The van der Waals surface area contributed by atoms with Crippen LogP contribution in [0.3, 0.4) is 0 Å². The van der Waals surface area contributed by atoms with E-state index in [0.717, 1.165) is 6.33 Å². The highest BCUT2D eigenvalue weighted by atomic mass is 35.5. The van der Waals surface area contributed by atoms with Crippen molar-refractivity contribution in [3.63, 3.8) is 0 Å². The van der Waals surface area contributed by atoms with Gasteiger partial charge in [0.1, 0.15) is 6.33 Å². The maximum Gasteiger partial charge on any atom is 0.355 e. The lowest BCUT2D eigenvalue weighted by atomic mass is 10.2. The van der Waals surface area contributed by atoms with E-state index in [4.69, 9.17) is 32.7 Å². The zero-order chi connectivity index (χ0) is 22.1. The van der Waals surface area contributed by atoms with Crippen molar-refractivity contribution in [1.82, 2.24) is 15.4 Å². The summed E-state index contributed by atoms with van der Waals surface area (Å²) in [4.78, 5) is 33.1. The van der Waals surface area contributed by atoms with E-state index in [1.54, 1.807) is 4.90 Å². The first-order chi connectivity index (χ1) is 14.4. The second kappa shape index (κ2) is 11.5. The van der Waals surface area contributed by atoms with E-state index in [1.165, 1.54) is 32.4 Å². The van der Waals surface area contributed by atoms with Crippen molar-refractivity contribution in [2.24, 2.45) is 0 Å². The molecular weight excluding hydrogens is 439 g/mol. The summed E-state index contributed by atoms with van der Waals surface area (Å²) in [6, 6.07) is 4.34. The first-order valence-corrected chi connectivity index (χ1v) is 9.38. The van der Waals surface area contributed by atoms with Gasteiger partial charge in [0.25, 0.3) is 5.91 Å². The van der Waals surface area contributed by atoms with Crippen LogP contribution in [0.5, 0.6) is 0 Å². The second-order valence-electron chi connectivity index (χ2n) is 5.83. The van der Waals surface area contributed by atoms with Gasteiger partial charge in [0.05, 0.1) is 28.7 Å². The lowest BCUT2D eigenvalue weighted by Gasteiger charge is -2.23. The molecular formula is C17H20Cl2N6O5. The van der Waals surface area contributed by atoms with Crippen molar-refractivity contribution in [3.8, 4) is 0 Å². The summed E-state index contributed by atoms with van der Waals surface area (Å²) in [6.45, 7) is 1.31. The van der Waals surface area contributed by atoms with Crippen LogP contribution in [0.1, 0.15) is 10.4 Å². The average Bonchev–Trinajstić information content (AvgIpc) is 2.71. The summed E-state index contributed by atoms with van der Waals surface area (Å²) < 4.78 is 10.1. The van der Waals surface area contributed by atoms with Gasteiger partial charge in [-0.3, -0.25) is 25.8 Å². The van der Waals surface area contributed by atoms with Gasteiger partial charge in [-0.25, -0.2) is 9.97 Å². The van der Waals surface area contributed by atoms with E-state index in [9.17, 15) is 14.9 Å². The first-order valence-electron chi connectivity index (χ1n) is 8.62. The molecule has 0 saturated carbocycles. The quantitative estimate of drug-likeness (QED) is 0.384. The van der Waals surface area contributed by atoms with E-state index in [0.29, 0.717) is 31.3 Å². The molecule has 13 heteroatoms. The van der Waals surface area contributed by atoms with Gasteiger partial charge in [-0.1, -0.05) is 23.2 Å². The topological polar surface area (TPSA) is 132 Å². The predicted octanol–water partition coefficient (Wildman–Crippen LogP) is 2.55. The standard InChI is InChI=1S/C17H20Cl2N6O5/c1-29-7-5-24(6-8-30-2)16-14(25(27)28)15(20-10-21-16)22-23-17(26)12-4-3-11(18)9-13(12)19/h3-4,9-10H,5-8H2,1-2H3,(H,23,26)(H,20,21,22). The van der Waals surface area contributed by atoms with Crippen LogP contribution in [0.15, 0.2) is 24.5 Å². The van der Waals surface area contributed by atoms with E-state index < -0.39 is 16.5 Å². The van der Waals surface area contributed by atoms with Gasteiger partial charge in [0.2, 0.25) is 11.6 Å². The number of anilines is 2. The van der Waals surface area contributed by atoms with Crippen LogP contribution in [0.25, 0.3) is 0 Å². The van der Waals surface area contributed by atoms with Crippen molar-refractivity contribution in [2.75, 3.05) is 50.8 Å². The Morgan fingerprint density at radius 2 is 1.87 bits per heavy atom. The summed E-state index contributed by atoms with van der Waals surface area (Å²) in [5, 5.41) is 12.2. The van der Waals surface area contributed by atoms with Gasteiger partial charge in [-0.05, 0) is 18.2 Å². The Kier molecular flexibility index (Phi) is 8.99. The number of halogens is 2. The van der Waals surface area contributed by atoms with Gasteiger partial charge in [0, 0.05) is 32.3 Å². The predicted molar refractivity (Wildman–Crippen MR) is 112 cm³/mol. The molecule has 1 aromatic heterocycles. The minimum Gasteiger partial charge on any atom is -0.383 e. The molecule has 30 heavy (non-hydrogen) atoms. The molecule has 162 valence electrons. The Hall–Kier alpha value is -2.73. The summed E-state index contributed by atoms with van der Waals surface area (Å²) in [5.74, 6) is -0.754. The molecule has 1 heterocycles. The number of hydrogen-bond acceptors (Lipinski definition) is 9. The highest BCUT2D eigenvalue weighted by molar-refractivity contribution is 6.36. The third-order valence-electron chi connectivity index (χ3n) is 3.89. The number of aromatic nitrogens is 2. The number of hydrazine groups is 1. The zero-order valence-electron chi connectivity index (χ0n) is 16.2. The minimum absolute atomic E-state index is 0.0605. The number of methoxy groups -OCH3 is 2. The van der Waals surface area contributed by atoms with Crippen LogP contribution in [0.4, 0.5) is 17.3 Å². The lowest BCUT2D eigenvalue weighted by molar-refractivity contribution is -0.383. The van der Waals surface area contributed by atoms with Crippen LogP contribution < -0.4 is 15.8 Å². The number of benzene rings is 1. The molecule has 2 rings (SSSR count). The summed E-state index contributed by atoms with van der Waals surface area (Å²) in [6.07, 6.45) is 1.15. The van der Waals surface area contributed by atoms with Crippen molar-refractivity contribution < 1.29 is 19.2 Å². The van der Waals surface area contributed by atoms with Gasteiger partial charge in [-0.15, -0.1) is 0 Å². The van der Waals surface area contributed by atoms with Crippen LogP contribution >= 0.6 is 23.2 Å². The van der Waals surface area contributed by atoms with Crippen molar-refractivity contribution >= 4 is 46.4 Å². The molecule has 0 spiro atoms. The lowest BCUT2D eigenvalue weighted by Crippen LogP contribution is -2.33. The van der Waals surface area contributed by atoms with Gasteiger partial charge in [0.15, 0.2) is 0 Å². The maximum absolute atomic E-state index is 12.4. The molecule has 1 amide bonds. The SMILES string of the molecule is COCCN(CCOC)c1ncnc(NNC(=O)c2ccc(Cl)cc2Cl)c1[N+](=O)[O-]. The third kappa shape index (κ3) is 6.13. The van der Waals surface area contributed by atoms with Crippen molar-refractivity contribution in [3.05, 3.63) is 50.2 Å². The summed E-state index contributed by atoms with van der Waals surface area (Å²) in [5.41, 5.74) is 4.54. The molecule has 0 fully saturated rings. The molecule has 0 saturated heterocycles. The van der Waals surface area contributed by atoms with Crippen LogP contribution in [0, 0.1) is 10.1 Å². The molecule has 1 aromatic carbocycles. The number of amides is 1. The Morgan fingerprint density at radius 3 is 2.43 bits per heavy atom. The highest BCUT2D eigenvalue weighted by Gasteiger charge is 2.27. The van der Waals surface area contributed by atoms with Crippen LogP contribution in [0.2, 0.25) is 10.0 Å². The van der Waals surface area contributed by atoms with Gasteiger partial charge >= 0.3 is 5.69 Å². The van der Waals surface area contributed by atoms with E-state index in [1.807, 2.05) is 0 Å². The number of rotatable bonds is 11. The fourth-order valence-corrected chi connectivity index (χ4v) is 2.94. The van der Waals surface area contributed by atoms with E-state index >= 15 is 0 Å². The fraction of sp³-hybridized carbons (Fsp3) is 0.353. The number of nitro groups is 1. The Morgan fingerprint density at radius 1 is 1.20 bits per heavy atom. The number of ether oxygens (including phenoxy) is 2. The van der Waals surface area contributed by atoms with E-state index in [2.05, 4.69) is 20.8 Å². The number of hydrogen-bond donors (Lipinski definition) is 2.